The third-order valence-electron chi connectivity index (χ3n) is 5.11. The summed E-state index contributed by atoms with van der Waals surface area (Å²) in [6.45, 7) is 9.49. The summed E-state index contributed by atoms with van der Waals surface area (Å²) in [5.41, 5.74) is 5.98. The standard InChI is InChI=1S/C24H29N2O2S.ClO3/c1-17(2)23-14-21(20-8-6-5-7-9-20)15-24(18(3)4)26(23)16-19-10-12-22(13-11-19)29(25,27)28;2-1(3)4/h5-15,17-18H,16H2,1-4H3,(H2,25,27,28);/q+1;-1. The van der Waals surface area contributed by atoms with Crippen molar-refractivity contribution in [2.45, 2.75) is 51.0 Å². The SMILES string of the molecule is CC(C)c1cc(-c2ccccc2)cc(C(C)C)[n+]1Cc1ccc(S(N)(=O)=O)cc1.[O-][Cl+2]([O-])[O-]. The van der Waals surface area contributed by atoms with Gasteiger partial charge in [-0.1, -0.05) is 70.2 Å². The molecule has 2 N–H and O–H groups in total. The zero-order chi connectivity index (χ0) is 24.8. The summed E-state index contributed by atoms with van der Waals surface area (Å²) < 4.78 is 50.6. The molecule has 0 fully saturated rings. The van der Waals surface area contributed by atoms with Crippen LogP contribution in [0.25, 0.3) is 11.1 Å². The number of sulfonamides is 1. The van der Waals surface area contributed by atoms with Gasteiger partial charge in [-0.2, -0.15) is 4.57 Å². The van der Waals surface area contributed by atoms with E-state index >= 15 is 0 Å². The van der Waals surface area contributed by atoms with E-state index in [9.17, 15) is 8.42 Å². The van der Waals surface area contributed by atoms with Crippen molar-refractivity contribution >= 4 is 10.0 Å². The van der Waals surface area contributed by atoms with Crippen molar-refractivity contribution in [3.8, 4) is 11.1 Å². The Balaban J connectivity index is 0.000000890. The first-order valence-corrected chi connectivity index (χ1v) is 12.8. The number of aromatic nitrogens is 1. The first-order valence-electron chi connectivity index (χ1n) is 10.4. The molecule has 1 aromatic heterocycles. The topological polar surface area (TPSA) is 133 Å². The van der Waals surface area contributed by atoms with Crippen LogP contribution in [0.5, 0.6) is 0 Å². The largest absolute Gasteiger partial charge is 0.357 e. The Hall–Kier alpha value is -2.33. The van der Waals surface area contributed by atoms with Crippen LogP contribution in [-0.4, -0.2) is 8.42 Å². The molecule has 0 amide bonds. The molecule has 7 nitrogen and oxygen atoms in total. The molecule has 0 unspecified atom stereocenters. The van der Waals surface area contributed by atoms with Crippen LogP contribution in [0, 0.1) is 10.8 Å². The highest BCUT2D eigenvalue weighted by Gasteiger charge is 2.24. The van der Waals surface area contributed by atoms with E-state index in [1.807, 2.05) is 18.2 Å². The molecule has 2 aromatic carbocycles. The molecule has 33 heavy (non-hydrogen) atoms. The van der Waals surface area contributed by atoms with Gasteiger partial charge in [0.15, 0.2) is 17.9 Å². The van der Waals surface area contributed by atoms with E-state index < -0.39 is 20.8 Å². The lowest BCUT2D eigenvalue weighted by atomic mass is 9.96. The lowest BCUT2D eigenvalue weighted by molar-refractivity contribution is -1.73. The molecule has 0 saturated carbocycles. The van der Waals surface area contributed by atoms with Crippen molar-refractivity contribution in [3.63, 3.8) is 0 Å². The van der Waals surface area contributed by atoms with Crippen LogP contribution >= 0.6 is 0 Å². The minimum atomic E-state index is -3.68. The third-order valence-corrected chi connectivity index (χ3v) is 6.04. The van der Waals surface area contributed by atoms with E-state index in [0.717, 1.165) is 5.56 Å². The number of nitrogens with zero attached hydrogens (tertiary/aromatic N) is 1. The van der Waals surface area contributed by atoms with Crippen LogP contribution in [-0.2, 0) is 16.6 Å². The van der Waals surface area contributed by atoms with Crippen LogP contribution in [0.1, 0.15) is 56.5 Å². The zero-order valence-corrected chi connectivity index (χ0v) is 20.6. The molecule has 3 rings (SSSR count). The molecule has 9 heteroatoms. The van der Waals surface area contributed by atoms with Crippen LogP contribution in [0.4, 0.5) is 0 Å². The number of nitrogens with two attached hydrogens (primary N) is 1. The molecule has 0 aliphatic rings. The lowest BCUT2D eigenvalue weighted by Gasteiger charge is -2.16. The molecular formula is C24H29ClN2O5S. The van der Waals surface area contributed by atoms with Gasteiger partial charge in [-0.15, -0.1) is 0 Å². The fourth-order valence-corrected chi connectivity index (χ4v) is 4.08. The van der Waals surface area contributed by atoms with Crippen molar-refractivity contribution in [3.05, 3.63) is 83.7 Å². The van der Waals surface area contributed by atoms with Crippen LogP contribution in [0.3, 0.4) is 0 Å². The van der Waals surface area contributed by atoms with Crippen molar-refractivity contribution in [2.75, 3.05) is 0 Å². The molecule has 0 aliphatic carbocycles. The number of rotatable bonds is 6. The van der Waals surface area contributed by atoms with Gasteiger partial charge in [0, 0.05) is 29.5 Å². The summed E-state index contributed by atoms with van der Waals surface area (Å²) in [6, 6.07) is 21.8. The predicted molar refractivity (Wildman–Crippen MR) is 117 cm³/mol. The van der Waals surface area contributed by atoms with Crippen molar-refractivity contribution in [1.29, 1.82) is 0 Å². The van der Waals surface area contributed by atoms with Crippen LogP contribution in [0.2, 0.25) is 0 Å². The Labute approximate surface area is 198 Å². The van der Waals surface area contributed by atoms with Gasteiger partial charge in [0.25, 0.3) is 0 Å². The smallest absolute Gasteiger partial charge is 0.238 e. The average molecular weight is 493 g/mol. The van der Waals surface area contributed by atoms with Crippen molar-refractivity contribution in [2.24, 2.45) is 5.14 Å². The monoisotopic (exact) mass is 492 g/mol. The van der Waals surface area contributed by atoms with E-state index in [0.29, 0.717) is 18.4 Å². The fraction of sp³-hybridized carbons (Fsp3) is 0.292. The summed E-state index contributed by atoms with van der Waals surface area (Å²) in [5.74, 6) is 0.694. The van der Waals surface area contributed by atoms with Crippen molar-refractivity contribution < 1.29 is 37.7 Å². The first kappa shape index (κ1) is 26.9. The average Bonchev–Trinajstić information content (AvgIpc) is 2.73. The van der Waals surface area contributed by atoms with Crippen molar-refractivity contribution in [1.82, 2.24) is 0 Å². The maximum absolute atomic E-state index is 11.5. The molecule has 0 aliphatic heterocycles. The highest BCUT2D eigenvalue weighted by Crippen LogP contribution is 2.26. The van der Waals surface area contributed by atoms with E-state index in [1.54, 1.807) is 12.1 Å². The van der Waals surface area contributed by atoms with Gasteiger partial charge in [-0.05, 0) is 23.3 Å². The molecule has 0 atom stereocenters. The molecule has 0 radical (unpaired) electrons. The molecule has 3 aromatic rings. The number of hydrogen-bond acceptors (Lipinski definition) is 5. The number of benzene rings is 2. The summed E-state index contributed by atoms with van der Waals surface area (Å²) in [5, 5.41) is 5.23. The Morgan fingerprint density at radius 1 is 0.818 bits per heavy atom. The fourth-order valence-electron chi connectivity index (χ4n) is 3.57. The highest BCUT2D eigenvalue weighted by molar-refractivity contribution is 7.89. The second-order valence-electron chi connectivity index (χ2n) is 8.23. The maximum Gasteiger partial charge on any atom is 0.238 e. The van der Waals surface area contributed by atoms with E-state index in [2.05, 4.69) is 68.7 Å². The zero-order valence-electron chi connectivity index (χ0n) is 19.1. The lowest BCUT2D eigenvalue weighted by Crippen LogP contribution is -2.44. The van der Waals surface area contributed by atoms with E-state index in [1.165, 1.54) is 22.5 Å². The summed E-state index contributed by atoms with van der Waals surface area (Å²) >= 11 is 0. The van der Waals surface area contributed by atoms with Crippen LogP contribution < -0.4 is 23.7 Å². The Bertz CT molecular complexity index is 1120. The summed E-state index contributed by atoms with van der Waals surface area (Å²) in [6.07, 6.45) is 0. The molecule has 1 heterocycles. The number of halogens is 1. The maximum atomic E-state index is 11.5. The number of hydrogen-bond donors (Lipinski definition) is 1. The van der Waals surface area contributed by atoms with Gasteiger partial charge in [0.1, 0.15) is 0 Å². The second-order valence-corrected chi connectivity index (χ2v) is 10.2. The molecule has 0 spiro atoms. The highest BCUT2D eigenvalue weighted by atomic mass is 35.6. The molecular weight excluding hydrogens is 464 g/mol. The Morgan fingerprint density at radius 3 is 1.67 bits per heavy atom. The van der Waals surface area contributed by atoms with Gasteiger partial charge < -0.3 is 14.0 Å². The third kappa shape index (κ3) is 7.89. The molecule has 0 bridgehead atoms. The van der Waals surface area contributed by atoms with Gasteiger partial charge in [-0.25, -0.2) is 13.6 Å². The van der Waals surface area contributed by atoms with Gasteiger partial charge in [0.2, 0.25) is 10.0 Å². The summed E-state index contributed by atoms with van der Waals surface area (Å²) in [4.78, 5) is 0.138. The minimum absolute atomic E-state index is 0.138. The van der Waals surface area contributed by atoms with Gasteiger partial charge in [-0.3, -0.25) is 0 Å². The second kappa shape index (κ2) is 11.7. The Kier molecular flexibility index (Phi) is 9.54. The first-order chi connectivity index (χ1) is 15.4. The van der Waals surface area contributed by atoms with Gasteiger partial charge in [0.05, 0.1) is 15.7 Å². The molecule has 178 valence electrons. The van der Waals surface area contributed by atoms with E-state index in [-0.39, 0.29) is 4.90 Å². The molecule has 0 saturated heterocycles. The van der Waals surface area contributed by atoms with Crippen LogP contribution in [0.15, 0.2) is 71.6 Å². The number of primary sulfonamides is 1. The quantitative estimate of drug-likeness (QED) is 0.513. The predicted octanol–water partition coefficient (Wildman–Crippen LogP) is 1.02. The van der Waals surface area contributed by atoms with E-state index in [4.69, 9.17) is 19.1 Å². The summed E-state index contributed by atoms with van der Waals surface area (Å²) in [7, 11) is -6.53. The number of pyridine rings is 1. The minimum Gasteiger partial charge on any atom is -0.357 e. The normalized spacial score (nSPS) is 11.6. The van der Waals surface area contributed by atoms with Gasteiger partial charge >= 0.3 is 0 Å². The Morgan fingerprint density at radius 2 is 1.27 bits per heavy atom.